The largest absolute Gasteiger partial charge is 0.375 e. The molecule has 1 aliphatic carbocycles. The fourth-order valence-corrected chi connectivity index (χ4v) is 1.11. The van der Waals surface area contributed by atoms with Crippen molar-refractivity contribution < 1.29 is 4.74 Å². The van der Waals surface area contributed by atoms with E-state index in [9.17, 15) is 0 Å². The lowest BCUT2D eigenvalue weighted by Gasteiger charge is -2.22. The van der Waals surface area contributed by atoms with Crippen molar-refractivity contribution in [2.24, 2.45) is 5.92 Å². The third-order valence-corrected chi connectivity index (χ3v) is 3.39. The molecule has 1 nitrogen and oxygen atoms in total. The molecular weight excluding hydrogens is 204 g/mol. The standard InChI is InChI=1S/C9H17BrO/c1-9(2,7-10)11-6-5-8-3-4-8/h8H,3-7H2,1-2H3. The zero-order valence-electron chi connectivity index (χ0n) is 7.40. The van der Waals surface area contributed by atoms with Crippen molar-refractivity contribution >= 4 is 15.9 Å². The summed E-state index contributed by atoms with van der Waals surface area (Å²) in [4.78, 5) is 0. The molecular formula is C9H17BrO. The second-order valence-corrected chi connectivity index (χ2v) is 4.53. The molecule has 1 rings (SSSR count). The molecule has 0 aliphatic heterocycles. The van der Waals surface area contributed by atoms with E-state index in [2.05, 4.69) is 29.8 Å². The molecule has 0 heterocycles. The number of hydrogen-bond donors (Lipinski definition) is 0. The van der Waals surface area contributed by atoms with Crippen LogP contribution in [0, 0.1) is 5.92 Å². The first-order valence-electron chi connectivity index (χ1n) is 4.34. The van der Waals surface area contributed by atoms with Crippen molar-refractivity contribution in [3.05, 3.63) is 0 Å². The fraction of sp³-hybridized carbons (Fsp3) is 1.00. The van der Waals surface area contributed by atoms with Gasteiger partial charge in [-0.15, -0.1) is 0 Å². The van der Waals surface area contributed by atoms with Crippen molar-refractivity contribution in [1.82, 2.24) is 0 Å². The first kappa shape index (κ1) is 9.53. The number of alkyl halides is 1. The lowest BCUT2D eigenvalue weighted by molar-refractivity contribution is -0.00114. The van der Waals surface area contributed by atoms with Crippen LogP contribution in [0.4, 0.5) is 0 Å². The van der Waals surface area contributed by atoms with Gasteiger partial charge in [-0.2, -0.15) is 0 Å². The summed E-state index contributed by atoms with van der Waals surface area (Å²) in [5, 5.41) is 0.921. The molecule has 0 saturated heterocycles. The van der Waals surface area contributed by atoms with Gasteiger partial charge in [0.2, 0.25) is 0 Å². The maximum absolute atomic E-state index is 5.68. The topological polar surface area (TPSA) is 9.23 Å². The fourth-order valence-electron chi connectivity index (χ4n) is 0.947. The van der Waals surface area contributed by atoms with E-state index in [0.29, 0.717) is 0 Å². The van der Waals surface area contributed by atoms with Gasteiger partial charge in [0.25, 0.3) is 0 Å². The molecule has 1 aliphatic rings. The summed E-state index contributed by atoms with van der Waals surface area (Å²) < 4.78 is 5.68. The van der Waals surface area contributed by atoms with Gasteiger partial charge >= 0.3 is 0 Å². The Morgan fingerprint density at radius 1 is 1.45 bits per heavy atom. The summed E-state index contributed by atoms with van der Waals surface area (Å²) >= 11 is 3.43. The minimum absolute atomic E-state index is 0.0227. The minimum atomic E-state index is 0.0227. The van der Waals surface area contributed by atoms with Gasteiger partial charge in [0.05, 0.1) is 5.60 Å². The van der Waals surface area contributed by atoms with E-state index in [0.717, 1.165) is 17.9 Å². The molecule has 0 aromatic heterocycles. The Labute approximate surface area is 77.6 Å². The van der Waals surface area contributed by atoms with E-state index in [-0.39, 0.29) is 5.60 Å². The maximum Gasteiger partial charge on any atom is 0.0722 e. The van der Waals surface area contributed by atoms with Crippen LogP contribution in [0.25, 0.3) is 0 Å². The van der Waals surface area contributed by atoms with Crippen LogP contribution >= 0.6 is 15.9 Å². The molecule has 0 amide bonds. The van der Waals surface area contributed by atoms with Crippen molar-refractivity contribution in [2.45, 2.75) is 38.7 Å². The van der Waals surface area contributed by atoms with Gasteiger partial charge < -0.3 is 4.74 Å². The van der Waals surface area contributed by atoms with Crippen LogP contribution in [0.1, 0.15) is 33.1 Å². The van der Waals surface area contributed by atoms with Gasteiger partial charge in [-0.3, -0.25) is 0 Å². The number of hydrogen-bond acceptors (Lipinski definition) is 1. The quantitative estimate of drug-likeness (QED) is 0.648. The van der Waals surface area contributed by atoms with Crippen LogP contribution in [0.15, 0.2) is 0 Å². The second kappa shape index (κ2) is 3.90. The van der Waals surface area contributed by atoms with Gasteiger partial charge in [0.15, 0.2) is 0 Å². The zero-order chi connectivity index (χ0) is 8.32. The van der Waals surface area contributed by atoms with Crippen LogP contribution in [0.5, 0.6) is 0 Å². The Morgan fingerprint density at radius 3 is 2.55 bits per heavy atom. The van der Waals surface area contributed by atoms with Gasteiger partial charge in [-0.25, -0.2) is 0 Å². The lowest BCUT2D eigenvalue weighted by Crippen LogP contribution is -2.26. The minimum Gasteiger partial charge on any atom is -0.375 e. The summed E-state index contributed by atoms with van der Waals surface area (Å²) in [6.45, 7) is 5.17. The average Bonchev–Trinajstić information content (AvgIpc) is 2.71. The normalized spacial score (nSPS) is 18.8. The predicted octanol–water partition coefficient (Wildman–Crippen LogP) is 2.98. The summed E-state index contributed by atoms with van der Waals surface area (Å²) in [5.41, 5.74) is 0.0227. The SMILES string of the molecule is CC(C)(CBr)OCCC1CC1. The Hall–Kier alpha value is 0.440. The van der Waals surface area contributed by atoms with E-state index in [1.165, 1.54) is 19.3 Å². The second-order valence-electron chi connectivity index (χ2n) is 3.97. The van der Waals surface area contributed by atoms with Gasteiger partial charge in [0, 0.05) is 11.9 Å². The van der Waals surface area contributed by atoms with Crippen molar-refractivity contribution in [1.29, 1.82) is 0 Å². The van der Waals surface area contributed by atoms with E-state index >= 15 is 0 Å². The zero-order valence-corrected chi connectivity index (χ0v) is 8.99. The summed E-state index contributed by atoms with van der Waals surface area (Å²) in [5.74, 6) is 0.987. The molecule has 11 heavy (non-hydrogen) atoms. The summed E-state index contributed by atoms with van der Waals surface area (Å²) in [7, 11) is 0. The summed E-state index contributed by atoms with van der Waals surface area (Å²) in [6, 6.07) is 0. The van der Waals surface area contributed by atoms with Crippen molar-refractivity contribution in [3.63, 3.8) is 0 Å². The smallest absolute Gasteiger partial charge is 0.0722 e. The third kappa shape index (κ3) is 4.12. The maximum atomic E-state index is 5.68. The highest BCUT2D eigenvalue weighted by Crippen LogP contribution is 2.32. The molecule has 66 valence electrons. The van der Waals surface area contributed by atoms with Gasteiger partial charge in [0.1, 0.15) is 0 Å². The van der Waals surface area contributed by atoms with E-state index in [1.807, 2.05) is 0 Å². The first-order chi connectivity index (χ1) is 5.14. The lowest BCUT2D eigenvalue weighted by atomic mass is 10.2. The van der Waals surface area contributed by atoms with E-state index in [4.69, 9.17) is 4.74 Å². The molecule has 0 unspecified atom stereocenters. The molecule has 1 fully saturated rings. The monoisotopic (exact) mass is 220 g/mol. The number of halogens is 1. The number of rotatable bonds is 5. The van der Waals surface area contributed by atoms with Gasteiger partial charge in [-0.05, 0) is 26.2 Å². The van der Waals surface area contributed by atoms with Crippen LogP contribution in [0.3, 0.4) is 0 Å². The Morgan fingerprint density at radius 2 is 2.09 bits per heavy atom. The highest BCUT2D eigenvalue weighted by molar-refractivity contribution is 9.09. The van der Waals surface area contributed by atoms with Crippen molar-refractivity contribution in [3.8, 4) is 0 Å². The molecule has 0 radical (unpaired) electrons. The Bertz CT molecular complexity index is 119. The van der Waals surface area contributed by atoms with Gasteiger partial charge in [-0.1, -0.05) is 28.8 Å². The van der Waals surface area contributed by atoms with Crippen LogP contribution in [0.2, 0.25) is 0 Å². The van der Waals surface area contributed by atoms with Crippen molar-refractivity contribution in [2.75, 3.05) is 11.9 Å². The molecule has 0 N–H and O–H groups in total. The molecule has 0 atom stereocenters. The first-order valence-corrected chi connectivity index (χ1v) is 5.46. The van der Waals surface area contributed by atoms with Crippen LogP contribution < -0.4 is 0 Å². The van der Waals surface area contributed by atoms with Crippen LogP contribution in [-0.4, -0.2) is 17.5 Å². The molecule has 2 heteroatoms. The Kier molecular flexibility index (Phi) is 3.38. The molecule has 0 aromatic rings. The molecule has 0 aromatic carbocycles. The summed E-state index contributed by atoms with van der Waals surface area (Å²) in [6.07, 6.45) is 4.12. The van der Waals surface area contributed by atoms with E-state index < -0.39 is 0 Å². The Balaban J connectivity index is 1.99. The average molecular weight is 221 g/mol. The van der Waals surface area contributed by atoms with E-state index in [1.54, 1.807) is 0 Å². The molecule has 0 spiro atoms. The van der Waals surface area contributed by atoms with Crippen LogP contribution in [-0.2, 0) is 4.74 Å². The third-order valence-electron chi connectivity index (χ3n) is 2.04. The molecule has 0 bridgehead atoms. The number of ether oxygens (including phenoxy) is 1. The highest BCUT2D eigenvalue weighted by Gasteiger charge is 2.22. The predicted molar refractivity (Wildman–Crippen MR) is 51.2 cm³/mol. The highest BCUT2D eigenvalue weighted by atomic mass is 79.9. The molecule has 1 saturated carbocycles.